The average molecular weight is 442 g/mol. The second-order valence-electron chi connectivity index (χ2n) is 10.5. The fraction of sp³-hybridized carbons (Fsp3) is 0.692. The Hall–Kier alpha value is -2.08. The van der Waals surface area contributed by atoms with Crippen molar-refractivity contribution in [1.82, 2.24) is 14.7 Å². The van der Waals surface area contributed by atoms with Crippen LogP contribution in [-0.4, -0.2) is 79.4 Å². The number of nitrogens with zero attached hydrogens (tertiary/aromatic N) is 3. The van der Waals surface area contributed by atoms with Crippen molar-refractivity contribution in [3.05, 3.63) is 29.8 Å². The number of hydrogen-bond donors (Lipinski definition) is 0. The van der Waals surface area contributed by atoms with E-state index in [1.54, 1.807) is 7.11 Å². The topological polar surface area (TPSA) is 53.1 Å². The predicted octanol–water partition coefficient (Wildman–Crippen LogP) is 3.06. The van der Waals surface area contributed by atoms with Crippen LogP contribution in [0.25, 0.3) is 0 Å². The molecular formula is C26H39N3O3. The van der Waals surface area contributed by atoms with Crippen LogP contribution in [0, 0.1) is 16.7 Å². The molecule has 3 heterocycles. The van der Waals surface area contributed by atoms with E-state index in [1.807, 2.05) is 29.2 Å². The third-order valence-corrected chi connectivity index (χ3v) is 8.11. The van der Waals surface area contributed by atoms with Crippen molar-refractivity contribution in [3.63, 3.8) is 0 Å². The molecule has 2 spiro atoms. The van der Waals surface area contributed by atoms with E-state index in [2.05, 4.69) is 30.6 Å². The molecule has 0 aromatic heterocycles. The van der Waals surface area contributed by atoms with Crippen molar-refractivity contribution in [3.8, 4) is 5.75 Å². The van der Waals surface area contributed by atoms with Gasteiger partial charge in [-0.1, -0.05) is 26.0 Å². The van der Waals surface area contributed by atoms with Crippen LogP contribution >= 0.6 is 0 Å². The van der Waals surface area contributed by atoms with Crippen LogP contribution in [0.4, 0.5) is 0 Å². The van der Waals surface area contributed by atoms with Crippen molar-refractivity contribution < 1.29 is 14.3 Å². The molecule has 176 valence electrons. The number of amides is 2. The number of carbonyl (C=O) groups excluding carboxylic acids is 2. The van der Waals surface area contributed by atoms with E-state index >= 15 is 0 Å². The summed E-state index contributed by atoms with van der Waals surface area (Å²) in [6, 6.07) is 7.76. The fourth-order valence-corrected chi connectivity index (χ4v) is 6.50. The summed E-state index contributed by atoms with van der Waals surface area (Å²) in [5, 5.41) is 0. The molecule has 1 aromatic carbocycles. The quantitative estimate of drug-likeness (QED) is 0.681. The first-order valence-corrected chi connectivity index (χ1v) is 12.2. The van der Waals surface area contributed by atoms with E-state index in [4.69, 9.17) is 4.74 Å². The Kier molecular flexibility index (Phi) is 6.53. The van der Waals surface area contributed by atoms with Crippen LogP contribution in [0.1, 0.15) is 45.6 Å². The van der Waals surface area contributed by atoms with E-state index in [9.17, 15) is 9.59 Å². The van der Waals surface area contributed by atoms with Gasteiger partial charge in [0, 0.05) is 51.2 Å². The Morgan fingerprint density at radius 2 is 1.88 bits per heavy atom. The van der Waals surface area contributed by atoms with Gasteiger partial charge >= 0.3 is 0 Å². The number of piperidine rings is 1. The molecule has 0 aliphatic carbocycles. The van der Waals surface area contributed by atoms with Gasteiger partial charge in [-0.05, 0) is 49.8 Å². The van der Waals surface area contributed by atoms with Gasteiger partial charge in [-0.15, -0.1) is 0 Å². The zero-order valence-corrected chi connectivity index (χ0v) is 20.2. The normalized spacial score (nSPS) is 25.5. The number of methoxy groups -OCH3 is 1. The number of ether oxygens (including phenoxy) is 1. The maximum Gasteiger partial charge on any atom is 0.230 e. The zero-order valence-electron chi connectivity index (χ0n) is 20.2. The number of rotatable bonds is 6. The van der Waals surface area contributed by atoms with Crippen LogP contribution in [0.3, 0.4) is 0 Å². The monoisotopic (exact) mass is 441 g/mol. The highest BCUT2D eigenvalue weighted by Crippen LogP contribution is 2.57. The molecule has 4 rings (SSSR count). The molecule has 3 fully saturated rings. The number of likely N-dealkylation sites (tertiary alicyclic amines) is 3. The third kappa shape index (κ3) is 4.02. The Balaban J connectivity index is 1.48. The highest BCUT2D eigenvalue weighted by Gasteiger charge is 2.64. The molecule has 6 nitrogen and oxygen atoms in total. The lowest BCUT2D eigenvalue weighted by atomic mass is 9.60. The number of benzene rings is 1. The lowest BCUT2D eigenvalue weighted by molar-refractivity contribution is -0.143. The minimum atomic E-state index is -0.264. The summed E-state index contributed by atoms with van der Waals surface area (Å²) in [5.41, 5.74) is 0.717. The van der Waals surface area contributed by atoms with Gasteiger partial charge in [0.1, 0.15) is 5.75 Å². The Bertz CT molecular complexity index is 846. The molecule has 1 aromatic rings. The average Bonchev–Trinajstić information content (AvgIpc) is 3.25. The summed E-state index contributed by atoms with van der Waals surface area (Å²) in [6.45, 7) is 12.7. The lowest BCUT2D eigenvalue weighted by Gasteiger charge is -2.47. The molecule has 1 unspecified atom stereocenters. The summed E-state index contributed by atoms with van der Waals surface area (Å²) in [4.78, 5) is 33.3. The molecule has 0 N–H and O–H groups in total. The first-order valence-electron chi connectivity index (χ1n) is 12.2. The Labute approximate surface area is 192 Å². The van der Waals surface area contributed by atoms with Crippen molar-refractivity contribution >= 4 is 11.8 Å². The van der Waals surface area contributed by atoms with E-state index in [-0.39, 0.29) is 16.7 Å². The Morgan fingerprint density at radius 1 is 1.12 bits per heavy atom. The van der Waals surface area contributed by atoms with Crippen LogP contribution in [0.2, 0.25) is 0 Å². The second kappa shape index (κ2) is 9.05. The van der Waals surface area contributed by atoms with Gasteiger partial charge in [-0.2, -0.15) is 0 Å². The summed E-state index contributed by atoms with van der Waals surface area (Å²) < 4.78 is 5.30. The second-order valence-corrected chi connectivity index (χ2v) is 10.5. The number of fused-ring (bicyclic) bond motifs is 1. The van der Waals surface area contributed by atoms with Gasteiger partial charge in [-0.3, -0.25) is 9.59 Å². The van der Waals surface area contributed by atoms with Crippen LogP contribution < -0.4 is 4.74 Å². The molecule has 3 saturated heterocycles. The highest BCUT2D eigenvalue weighted by molar-refractivity contribution is 5.87. The van der Waals surface area contributed by atoms with Gasteiger partial charge < -0.3 is 19.4 Å². The van der Waals surface area contributed by atoms with E-state index < -0.39 is 0 Å². The maximum absolute atomic E-state index is 13.6. The van der Waals surface area contributed by atoms with Gasteiger partial charge in [-0.25, -0.2) is 0 Å². The van der Waals surface area contributed by atoms with Crippen molar-refractivity contribution in [1.29, 1.82) is 0 Å². The van der Waals surface area contributed by atoms with Gasteiger partial charge in [0.15, 0.2) is 0 Å². The van der Waals surface area contributed by atoms with E-state index in [1.165, 1.54) is 0 Å². The molecule has 3 aliphatic heterocycles. The number of carbonyl (C=O) groups is 2. The van der Waals surface area contributed by atoms with Crippen molar-refractivity contribution in [2.24, 2.45) is 16.7 Å². The summed E-state index contributed by atoms with van der Waals surface area (Å²) in [6.07, 6.45) is 3.22. The summed E-state index contributed by atoms with van der Waals surface area (Å²) in [7, 11) is 1.65. The molecule has 32 heavy (non-hydrogen) atoms. The molecule has 0 saturated carbocycles. The molecule has 6 heteroatoms. The van der Waals surface area contributed by atoms with E-state index in [0.29, 0.717) is 18.2 Å². The van der Waals surface area contributed by atoms with Gasteiger partial charge in [0.2, 0.25) is 11.8 Å². The van der Waals surface area contributed by atoms with Crippen molar-refractivity contribution in [2.75, 3.05) is 52.9 Å². The minimum Gasteiger partial charge on any atom is -0.497 e. The standard InChI is InChI=1S/C26H39N3O3/c1-5-28-14-11-26(24(28)31)19-27(17-20(2)3)18-25(26)9-12-29(13-10-25)23(30)16-21-7-6-8-22(15-21)32-4/h6-8,15,20H,5,9-14,16-19H2,1-4H3. The highest BCUT2D eigenvalue weighted by atomic mass is 16.5. The fourth-order valence-electron chi connectivity index (χ4n) is 6.50. The maximum atomic E-state index is 13.6. The molecule has 2 amide bonds. The van der Waals surface area contributed by atoms with Crippen molar-refractivity contribution in [2.45, 2.75) is 46.5 Å². The molecule has 3 aliphatic rings. The summed E-state index contributed by atoms with van der Waals surface area (Å²) in [5.74, 6) is 1.91. The molecule has 0 radical (unpaired) electrons. The van der Waals surface area contributed by atoms with E-state index in [0.717, 1.165) is 76.4 Å². The predicted molar refractivity (Wildman–Crippen MR) is 126 cm³/mol. The third-order valence-electron chi connectivity index (χ3n) is 8.11. The first-order chi connectivity index (χ1) is 15.3. The zero-order chi connectivity index (χ0) is 22.9. The smallest absolute Gasteiger partial charge is 0.230 e. The molecular weight excluding hydrogens is 402 g/mol. The SMILES string of the molecule is CCN1CCC2(CN(CC(C)C)CC23CCN(C(=O)Cc2cccc(OC)c2)CC3)C1=O. The largest absolute Gasteiger partial charge is 0.497 e. The van der Waals surface area contributed by atoms with Crippen LogP contribution in [-0.2, 0) is 16.0 Å². The van der Waals surface area contributed by atoms with Crippen LogP contribution in [0.15, 0.2) is 24.3 Å². The molecule has 0 bridgehead atoms. The molecule has 1 atom stereocenters. The Morgan fingerprint density at radius 3 is 2.50 bits per heavy atom. The number of hydrogen-bond acceptors (Lipinski definition) is 4. The first kappa shape index (κ1) is 23.1. The lowest BCUT2D eigenvalue weighted by Crippen LogP contribution is -2.53. The van der Waals surface area contributed by atoms with Gasteiger partial charge in [0.05, 0.1) is 18.9 Å². The van der Waals surface area contributed by atoms with Crippen LogP contribution in [0.5, 0.6) is 5.75 Å². The minimum absolute atomic E-state index is 0.00432. The van der Waals surface area contributed by atoms with Gasteiger partial charge in [0.25, 0.3) is 0 Å². The summed E-state index contributed by atoms with van der Waals surface area (Å²) >= 11 is 0.